The summed E-state index contributed by atoms with van der Waals surface area (Å²) >= 11 is 0. The first kappa shape index (κ1) is 27.5. The van der Waals surface area contributed by atoms with E-state index in [-0.39, 0.29) is 37.1 Å². The molecule has 9 nitrogen and oxygen atoms in total. The van der Waals surface area contributed by atoms with E-state index in [0.717, 1.165) is 17.8 Å². The van der Waals surface area contributed by atoms with Crippen molar-refractivity contribution in [1.82, 2.24) is 9.97 Å². The van der Waals surface area contributed by atoms with Gasteiger partial charge >= 0.3 is 6.18 Å². The number of carbonyl (C=O) groups excluding carboxylic acids is 2. The standard InChI is InChI=1S/C28H28F3N5O4/c1-17-23(13-21(16-32-17)34-27(39)18-3-2-4-20(11-18)28(29,30)31)19-12-24-26(33-15-19)36(6-8-37)25(38)14-22-5-9-40-10-7-35(22)24/h2-4,11-13,15-16,22,37H,5-10,14H2,1H3,(H,34,39). The summed E-state index contributed by atoms with van der Waals surface area (Å²) in [6, 6.07) is 7.71. The number of rotatable bonds is 5. The van der Waals surface area contributed by atoms with Gasteiger partial charge in [0.25, 0.3) is 5.91 Å². The van der Waals surface area contributed by atoms with Gasteiger partial charge in [0, 0.05) is 54.2 Å². The fraction of sp³-hybridized carbons (Fsp3) is 0.357. The van der Waals surface area contributed by atoms with Crippen LogP contribution >= 0.6 is 0 Å². The number of nitrogens with zero attached hydrogens (tertiary/aromatic N) is 4. The average Bonchev–Trinajstić information content (AvgIpc) is 3.22. The van der Waals surface area contributed by atoms with E-state index >= 15 is 0 Å². The molecule has 12 heteroatoms. The number of ether oxygens (including phenoxy) is 1. The van der Waals surface area contributed by atoms with E-state index in [2.05, 4.69) is 20.2 Å². The van der Waals surface area contributed by atoms with Gasteiger partial charge in [-0.1, -0.05) is 6.07 Å². The third-order valence-corrected chi connectivity index (χ3v) is 7.07. The molecule has 1 fully saturated rings. The normalized spacial score (nSPS) is 17.5. The Hall–Kier alpha value is -4.03. The van der Waals surface area contributed by atoms with Gasteiger partial charge < -0.3 is 20.1 Å². The van der Waals surface area contributed by atoms with Crippen molar-refractivity contribution in [3.63, 3.8) is 0 Å². The zero-order chi connectivity index (χ0) is 28.4. The average molecular weight is 556 g/mol. The summed E-state index contributed by atoms with van der Waals surface area (Å²) in [5.41, 5.74) is 1.97. The van der Waals surface area contributed by atoms with Crippen molar-refractivity contribution >= 4 is 29.0 Å². The molecule has 2 aliphatic rings. The van der Waals surface area contributed by atoms with Crippen molar-refractivity contribution in [2.45, 2.75) is 32.0 Å². The third-order valence-electron chi connectivity index (χ3n) is 7.07. The number of aliphatic hydroxyl groups excluding tert-OH is 1. The van der Waals surface area contributed by atoms with Crippen LogP contribution < -0.4 is 15.1 Å². The number of aliphatic hydroxyl groups is 1. The Balaban J connectivity index is 1.50. The Kier molecular flexibility index (Phi) is 7.72. The van der Waals surface area contributed by atoms with Gasteiger partial charge in [-0.3, -0.25) is 19.5 Å². The van der Waals surface area contributed by atoms with Gasteiger partial charge in [-0.25, -0.2) is 4.98 Å². The molecule has 2 N–H and O–H groups in total. The lowest BCUT2D eigenvalue weighted by molar-refractivity contribution is -0.137. The van der Waals surface area contributed by atoms with Gasteiger partial charge in [-0.15, -0.1) is 0 Å². The maximum absolute atomic E-state index is 13.1. The minimum atomic E-state index is -4.57. The molecule has 0 saturated carbocycles. The fourth-order valence-corrected chi connectivity index (χ4v) is 5.06. The molecule has 1 saturated heterocycles. The highest BCUT2D eigenvalue weighted by molar-refractivity contribution is 6.04. The summed E-state index contributed by atoms with van der Waals surface area (Å²) in [7, 11) is 0. The van der Waals surface area contributed by atoms with Crippen LogP contribution in [0.2, 0.25) is 0 Å². The third kappa shape index (κ3) is 5.63. The SMILES string of the molecule is Cc1ncc(NC(=O)c2cccc(C(F)(F)F)c2)cc1-c1cnc2c(c1)N1CCOCCC1CC(=O)N2CCO. The second-order valence-electron chi connectivity index (χ2n) is 9.68. The smallest absolute Gasteiger partial charge is 0.395 e. The van der Waals surface area contributed by atoms with Crippen LogP contribution in [0, 0.1) is 6.92 Å². The molecule has 1 atom stereocenters. The van der Waals surface area contributed by atoms with E-state index in [1.165, 1.54) is 23.2 Å². The molecule has 0 radical (unpaired) electrons. The Morgan fingerprint density at radius 1 is 1.18 bits per heavy atom. The number of pyridine rings is 2. The molecule has 2 amide bonds. The molecule has 0 aliphatic carbocycles. The van der Waals surface area contributed by atoms with Gasteiger partial charge in [-0.2, -0.15) is 13.2 Å². The summed E-state index contributed by atoms with van der Waals surface area (Å²) < 4.78 is 45.0. The maximum atomic E-state index is 13.1. The van der Waals surface area contributed by atoms with E-state index < -0.39 is 17.6 Å². The molecule has 2 aliphatic heterocycles. The lowest BCUT2D eigenvalue weighted by Gasteiger charge is -2.30. The summed E-state index contributed by atoms with van der Waals surface area (Å²) in [4.78, 5) is 38.5. The quantitative estimate of drug-likeness (QED) is 0.489. The highest BCUT2D eigenvalue weighted by atomic mass is 19.4. The number of amides is 2. The van der Waals surface area contributed by atoms with Gasteiger partial charge in [0.05, 0.1) is 42.9 Å². The van der Waals surface area contributed by atoms with Gasteiger partial charge in [0.15, 0.2) is 5.82 Å². The molecule has 4 heterocycles. The van der Waals surface area contributed by atoms with Crippen molar-refractivity contribution in [2.75, 3.05) is 48.0 Å². The predicted molar refractivity (Wildman–Crippen MR) is 142 cm³/mol. The first-order valence-electron chi connectivity index (χ1n) is 12.9. The van der Waals surface area contributed by atoms with Crippen LogP contribution in [0.1, 0.15) is 34.5 Å². The number of aromatic nitrogens is 2. The van der Waals surface area contributed by atoms with Crippen LogP contribution in [0.5, 0.6) is 0 Å². The van der Waals surface area contributed by atoms with E-state index in [4.69, 9.17) is 4.74 Å². The van der Waals surface area contributed by atoms with E-state index in [0.29, 0.717) is 54.5 Å². The molecule has 3 aromatic rings. The first-order chi connectivity index (χ1) is 19.2. The number of fused-ring (bicyclic) bond motifs is 3. The molecule has 210 valence electrons. The number of hydrogen-bond acceptors (Lipinski definition) is 7. The zero-order valence-electron chi connectivity index (χ0n) is 21.7. The summed E-state index contributed by atoms with van der Waals surface area (Å²) in [5.74, 6) is -0.373. The molecular weight excluding hydrogens is 527 g/mol. The monoisotopic (exact) mass is 555 g/mol. The molecule has 0 spiro atoms. The van der Waals surface area contributed by atoms with Gasteiger partial charge in [0.2, 0.25) is 5.91 Å². The minimum Gasteiger partial charge on any atom is -0.395 e. The molecule has 5 rings (SSSR count). The number of β-amino-alcohol motifs (C(OH)–C–C–N with tert-alkyl or cyclic N) is 1. The largest absolute Gasteiger partial charge is 0.416 e. The topological polar surface area (TPSA) is 108 Å². The second kappa shape index (κ2) is 11.2. The minimum absolute atomic E-state index is 0.0909. The van der Waals surface area contributed by atoms with Crippen LogP contribution in [-0.2, 0) is 15.7 Å². The molecule has 0 bridgehead atoms. The first-order valence-corrected chi connectivity index (χ1v) is 12.9. The number of carbonyl (C=O) groups is 2. The van der Waals surface area contributed by atoms with Crippen LogP contribution in [0.15, 0.2) is 48.8 Å². The van der Waals surface area contributed by atoms with Crippen molar-refractivity contribution < 1.29 is 32.6 Å². The van der Waals surface area contributed by atoms with Crippen LogP contribution in [-0.4, -0.2) is 65.8 Å². The number of nitrogens with one attached hydrogen (secondary N) is 1. The van der Waals surface area contributed by atoms with Gasteiger partial charge in [0.1, 0.15) is 0 Å². The second-order valence-corrected chi connectivity index (χ2v) is 9.68. The number of aryl methyl sites for hydroxylation is 1. The summed E-state index contributed by atoms with van der Waals surface area (Å²) in [6.07, 6.45) is -0.589. The molecule has 1 aromatic carbocycles. The highest BCUT2D eigenvalue weighted by Gasteiger charge is 2.35. The maximum Gasteiger partial charge on any atom is 0.416 e. The summed E-state index contributed by atoms with van der Waals surface area (Å²) in [5, 5.41) is 12.2. The number of hydrogen-bond donors (Lipinski definition) is 2. The predicted octanol–water partition coefficient (Wildman–Crippen LogP) is 4.05. The highest BCUT2D eigenvalue weighted by Crippen LogP contribution is 2.38. The Labute approximate surface area is 228 Å². The van der Waals surface area contributed by atoms with Crippen molar-refractivity contribution in [3.05, 3.63) is 65.6 Å². The molecule has 40 heavy (non-hydrogen) atoms. The van der Waals surface area contributed by atoms with E-state index in [1.54, 1.807) is 19.2 Å². The number of alkyl halides is 3. The number of anilines is 3. The van der Waals surface area contributed by atoms with Crippen molar-refractivity contribution in [3.8, 4) is 11.1 Å². The van der Waals surface area contributed by atoms with Crippen LogP contribution in [0.25, 0.3) is 11.1 Å². The lowest BCUT2D eigenvalue weighted by atomic mass is 10.0. The lowest BCUT2D eigenvalue weighted by Crippen LogP contribution is -2.38. The molecular formula is C28H28F3N5O4. The van der Waals surface area contributed by atoms with Crippen LogP contribution in [0.3, 0.4) is 0 Å². The zero-order valence-corrected chi connectivity index (χ0v) is 21.7. The Bertz CT molecular complexity index is 1430. The number of benzene rings is 1. The Morgan fingerprint density at radius 3 is 2.77 bits per heavy atom. The van der Waals surface area contributed by atoms with E-state index in [9.17, 15) is 27.9 Å². The summed E-state index contributed by atoms with van der Waals surface area (Å²) in [6.45, 7) is 3.29. The number of halogens is 3. The Morgan fingerprint density at radius 2 is 2.00 bits per heavy atom. The van der Waals surface area contributed by atoms with Crippen LogP contribution in [0.4, 0.5) is 30.4 Å². The van der Waals surface area contributed by atoms with E-state index in [1.807, 2.05) is 6.07 Å². The van der Waals surface area contributed by atoms with Crippen molar-refractivity contribution in [2.24, 2.45) is 0 Å². The molecule has 2 aromatic heterocycles. The fourth-order valence-electron chi connectivity index (χ4n) is 5.06. The molecule has 1 unspecified atom stereocenters. The van der Waals surface area contributed by atoms with Crippen molar-refractivity contribution in [1.29, 1.82) is 0 Å². The van der Waals surface area contributed by atoms with Gasteiger partial charge in [-0.05, 0) is 43.7 Å².